The molecule has 0 aliphatic heterocycles. The quantitative estimate of drug-likeness (QED) is 0.510. The maximum absolute atomic E-state index is 12.2. The van der Waals surface area contributed by atoms with Crippen LogP contribution in [0.25, 0.3) is 0 Å². The molecule has 2 N–H and O–H groups in total. The molecule has 0 saturated heterocycles. The van der Waals surface area contributed by atoms with E-state index in [9.17, 15) is 8.42 Å². The number of rotatable bonds is 8. The summed E-state index contributed by atoms with van der Waals surface area (Å²) >= 11 is 8.81. The van der Waals surface area contributed by atoms with Gasteiger partial charge in [-0.25, -0.2) is 12.7 Å². The molecular weight excluding hydrogens is 394 g/mol. The van der Waals surface area contributed by atoms with Gasteiger partial charge in [-0.3, -0.25) is 0 Å². The Balaban J connectivity index is 1.78. The molecule has 0 fully saturated rings. The Hall–Kier alpha value is -1.13. The average Bonchev–Trinajstić information content (AvgIpc) is 3.08. The summed E-state index contributed by atoms with van der Waals surface area (Å²) in [5.74, 6) is 1.93. The van der Waals surface area contributed by atoms with Crippen LogP contribution in [0.3, 0.4) is 0 Å². The molecule has 0 amide bonds. The monoisotopic (exact) mass is 415 g/mol. The van der Waals surface area contributed by atoms with Crippen molar-refractivity contribution in [2.75, 3.05) is 31.7 Å². The third-order valence-corrected chi connectivity index (χ3v) is 7.07. The van der Waals surface area contributed by atoms with Crippen molar-refractivity contribution in [2.24, 2.45) is 0 Å². The van der Waals surface area contributed by atoms with E-state index in [1.807, 2.05) is 11.8 Å². The SMILES string of the molecule is CN(C)S(=O)(=O)c1cccc(NC(=S)NCCSCc2ccsc2)c1. The van der Waals surface area contributed by atoms with E-state index in [0.717, 1.165) is 18.1 Å². The summed E-state index contributed by atoms with van der Waals surface area (Å²) in [7, 11) is -0.435. The first-order valence-electron chi connectivity index (χ1n) is 7.56. The Morgan fingerprint density at radius 1 is 1.32 bits per heavy atom. The molecule has 0 spiro atoms. The zero-order valence-corrected chi connectivity index (χ0v) is 17.3. The average molecular weight is 416 g/mol. The first kappa shape index (κ1) is 20.2. The van der Waals surface area contributed by atoms with Crippen LogP contribution in [-0.4, -0.2) is 44.2 Å². The molecule has 1 heterocycles. The maximum atomic E-state index is 12.2. The number of hydrogen-bond donors (Lipinski definition) is 2. The van der Waals surface area contributed by atoms with Gasteiger partial charge in [0.05, 0.1) is 4.90 Å². The third-order valence-electron chi connectivity index (χ3n) is 3.25. The Labute approximate surface area is 162 Å². The molecule has 2 aromatic rings. The maximum Gasteiger partial charge on any atom is 0.242 e. The summed E-state index contributed by atoms with van der Waals surface area (Å²) in [6.45, 7) is 0.746. The zero-order valence-electron chi connectivity index (χ0n) is 14.1. The van der Waals surface area contributed by atoms with Crippen molar-refractivity contribution in [1.82, 2.24) is 9.62 Å². The standard InChI is InChI=1S/C16H21N3O2S4/c1-19(2)25(20,21)15-5-3-4-14(10-15)18-16(22)17-7-9-24-12-13-6-8-23-11-13/h3-6,8,10-11H,7,9,12H2,1-2H3,(H2,17,18,22). The number of nitrogens with zero attached hydrogens (tertiary/aromatic N) is 1. The minimum absolute atomic E-state index is 0.233. The fourth-order valence-corrected chi connectivity index (χ4v) is 4.67. The first-order chi connectivity index (χ1) is 11.9. The number of nitrogens with one attached hydrogen (secondary N) is 2. The lowest BCUT2D eigenvalue weighted by atomic mass is 10.3. The van der Waals surface area contributed by atoms with E-state index in [4.69, 9.17) is 12.2 Å². The number of benzene rings is 1. The second kappa shape index (κ2) is 9.54. The van der Waals surface area contributed by atoms with Crippen molar-refractivity contribution < 1.29 is 8.42 Å². The van der Waals surface area contributed by atoms with E-state index < -0.39 is 10.0 Å². The molecule has 0 aliphatic rings. The highest BCUT2D eigenvalue weighted by atomic mass is 32.2. The smallest absolute Gasteiger partial charge is 0.242 e. The van der Waals surface area contributed by atoms with Crippen LogP contribution in [0.2, 0.25) is 0 Å². The van der Waals surface area contributed by atoms with Gasteiger partial charge < -0.3 is 10.6 Å². The molecule has 0 unspecified atom stereocenters. The van der Waals surface area contributed by atoms with E-state index in [0.29, 0.717) is 10.8 Å². The van der Waals surface area contributed by atoms with E-state index in [1.54, 1.807) is 35.6 Å². The highest BCUT2D eigenvalue weighted by Crippen LogP contribution is 2.18. The number of thiophene rings is 1. The summed E-state index contributed by atoms with van der Waals surface area (Å²) in [5.41, 5.74) is 1.99. The number of sulfonamides is 1. The predicted molar refractivity (Wildman–Crippen MR) is 112 cm³/mol. The van der Waals surface area contributed by atoms with Crippen molar-refractivity contribution in [2.45, 2.75) is 10.6 Å². The van der Waals surface area contributed by atoms with Crippen molar-refractivity contribution in [3.63, 3.8) is 0 Å². The lowest BCUT2D eigenvalue weighted by Crippen LogP contribution is -2.30. The van der Waals surface area contributed by atoms with Crippen LogP contribution in [0.4, 0.5) is 5.69 Å². The topological polar surface area (TPSA) is 61.4 Å². The molecule has 0 bridgehead atoms. The Morgan fingerprint density at radius 3 is 2.80 bits per heavy atom. The molecule has 0 aliphatic carbocycles. The highest BCUT2D eigenvalue weighted by Gasteiger charge is 2.17. The minimum Gasteiger partial charge on any atom is -0.362 e. The second-order valence-electron chi connectivity index (χ2n) is 5.38. The Morgan fingerprint density at radius 2 is 2.12 bits per heavy atom. The summed E-state index contributed by atoms with van der Waals surface area (Å²) in [5, 5.41) is 10.9. The van der Waals surface area contributed by atoms with Crippen molar-refractivity contribution >= 4 is 56.1 Å². The Bertz CT molecular complexity index is 789. The molecule has 2 rings (SSSR count). The van der Waals surface area contributed by atoms with Crippen LogP contribution in [0.15, 0.2) is 46.0 Å². The van der Waals surface area contributed by atoms with Gasteiger partial charge in [-0.1, -0.05) is 6.07 Å². The van der Waals surface area contributed by atoms with Gasteiger partial charge >= 0.3 is 0 Å². The second-order valence-corrected chi connectivity index (χ2v) is 9.83. The molecule has 9 heteroatoms. The summed E-state index contributed by atoms with van der Waals surface area (Å²) in [4.78, 5) is 0.233. The number of anilines is 1. The molecule has 5 nitrogen and oxygen atoms in total. The van der Waals surface area contributed by atoms with Gasteiger partial charge in [-0.05, 0) is 52.8 Å². The van der Waals surface area contributed by atoms with Gasteiger partial charge in [-0.15, -0.1) is 0 Å². The first-order valence-corrected chi connectivity index (χ1v) is 11.5. The molecular formula is C16H21N3O2S4. The molecule has 1 aromatic carbocycles. The molecule has 136 valence electrons. The number of thiocarbonyl (C=S) groups is 1. The molecule has 0 saturated carbocycles. The van der Waals surface area contributed by atoms with Crippen LogP contribution in [0, 0.1) is 0 Å². The lowest BCUT2D eigenvalue weighted by molar-refractivity contribution is 0.521. The fraction of sp³-hybridized carbons (Fsp3) is 0.312. The van der Waals surface area contributed by atoms with Crippen LogP contribution in [0.5, 0.6) is 0 Å². The molecule has 0 atom stereocenters. The normalized spacial score (nSPS) is 11.5. The van der Waals surface area contributed by atoms with Crippen LogP contribution < -0.4 is 10.6 Å². The van der Waals surface area contributed by atoms with E-state index in [-0.39, 0.29) is 4.90 Å². The third kappa shape index (κ3) is 6.27. The van der Waals surface area contributed by atoms with Gasteiger partial charge in [0.25, 0.3) is 0 Å². The zero-order chi connectivity index (χ0) is 18.3. The van der Waals surface area contributed by atoms with Crippen LogP contribution in [0.1, 0.15) is 5.56 Å². The summed E-state index contributed by atoms with van der Waals surface area (Å²) in [6, 6.07) is 8.75. The predicted octanol–water partition coefficient (Wildman–Crippen LogP) is 3.22. The number of thioether (sulfide) groups is 1. The van der Waals surface area contributed by atoms with Gasteiger partial charge in [0.2, 0.25) is 10.0 Å². The number of hydrogen-bond acceptors (Lipinski definition) is 5. The van der Waals surface area contributed by atoms with Gasteiger partial charge in [0, 0.05) is 37.8 Å². The van der Waals surface area contributed by atoms with Gasteiger partial charge in [0.1, 0.15) is 0 Å². The van der Waals surface area contributed by atoms with Crippen molar-refractivity contribution in [1.29, 1.82) is 0 Å². The van der Waals surface area contributed by atoms with Crippen molar-refractivity contribution in [3.05, 3.63) is 46.7 Å². The summed E-state index contributed by atoms with van der Waals surface area (Å²) in [6.07, 6.45) is 0. The molecule has 25 heavy (non-hydrogen) atoms. The van der Waals surface area contributed by atoms with Crippen LogP contribution >= 0.6 is 35.3 Å². The molecule has 0 radical (unpaired) electrons. The summed E-state index contributed by atoms with van der Waals surface area (Å²) < 4.78 is 25.5. The fourth-order valence-electron chi connectivity index (χ4n) is 1.92. The van der Waals surface area contributed by atoms with E-state index in [1.165, 1.54) is 24.0 Å². The Kier molecular flexibility index (Phi) is 7.70. The molecule has 1 aromatic heterocycles. The van der Waals surface area contributed by atoms with E-state index >= 15 is 0 Å². The van der Waals surface area contributed by atoms with Gasteiger partial charge in [-0.2, -0.15) is 23.1 Å². The highest BCUT2D eigenvalue weighted by molar-refractivity contribution is 7.98. The largest absolute Gasteiger partial charge is 0.362 e. The van der Waals surface area contributed by atoms with Crippen LogP contribution in [-0.2, 0) is 15.8 Å². The van der Waals surface area contributed by atoms with Gasteiger partial charge in [0.15, 0.2) is 5.11 Å². The van der Waals surface area contributed by atoms with E-state index in [2.05, 4.69) is 27.5 Å². The minimum atomic E-state index is -3.45. The van der Waals surface area contributed by atoms with Crippen molar-refractivity contribution in [3.8, 4) is 0 Å². The lowest BCUT2D eigenvalue weighted by Gasteiger charge is -2.14.